The zero-order valence-electron chi connectivity index (χ0n) is 17.5. The molecule has 0 spiro atoms. The topological polar surface area (TPSA) is 84.9 Å². The molecule has 0 bridgehead atoms. The van der Waals surface area contributed by atoms with Gasteiger partial charge in [-0.1, -0.05) is 12.0 Å². The molecule has 162 valence electrons. The van der Waals surface area contributed by atoms with Crippen LogP contribution in [0.15, 0.2) is 35.9 Å². The Balaban J connectivity index is 1.44. The SMILES string of the molecule is CCOC(=O)Oc1ccc(C(=O)NC2CCN(C(=O)C=C3CCCCC3)CC2)cc1. The van der Waals surface area contributed by atoms with Crippen LogP contribution in [-0.4, -0.2) is 48.6 Å². The molecule has 1 heterocycles. The number of hydrogen-bond acceptors (Lipinski definition) is 5. The fraction of sp³-hybridized carbons (Fsp3) is 0.522. The van der Waals surface area contributed by atoms with E-state index in [-0.39, 0.29) is 24.5 Å². The molecule has 7 nitrogen and oxygen atoms in total. The molecule has 0 radical (unpaired) electrons. The summed E-state index contributed by atoms with van der Waals surface area (Å²) >= 11 is 0. The van der Waals surface area contributed by atoms with Crippen molar-refractivity contribution in [1.82, 2.24) is 10.2 Å². The minimum absolute atomic E-state index is 0.0411. The van der Waals surface area contributed by atoms with E-state index in [0.29, 0.717) is 24.4 Å². The van der Waals surface area contributed by atoms with Crippen LogP contribution in [0.4, 0.5) is 4.79 Å². The van der Waals surface area contributed by atoms with Crippen LogP contribution in [0.2, 0.25) is 0 Å². The van der Waals surface area contributed by atoms with Crippen molar-refractivity contribution in [3.05, 3.63) is 41.5 Å². The predicted octanol–water partition coefficient (Wildman–Crippen LogP) is 3.83. The largest absolute Gasteiger partial charge is 0.513 e. The first-order chi connectivity index (χ1) is 14.5. The summed E-state index contributed by atoms with van der Waals surface area (Å²) in [5.41, 5.74) is 1.77. The molecule has 2 aliphatic rings. The maximum Gasteiger partial charge on any atom is 0.513 e. The first-order valence-corrected chi connectivity index (χ1v) is 10.8. The van der Waals surface area contributed by atoms with Crippen LogP contribution in [0.5, 0.6) is 5.75 Å². The molecule has 30 heavy (non-hydrogen) atoms. The number of benzene rings is 1. The van der Waals surface area contributed by atoms with E-state index in [1.54, 1.807) is 31.2 Å². The molecule has 1 aliphatic carbocycles. The average molecular weight is 415 g/mol. The number of hydrogen-bond donors (Lipinski definition) is 1. The smallest absolute Gasteiger partial charge is 0.434 e. The molecule has 2 fully saturated rings. The summed E-state index contributed by atoms with van der Waals surface area (Å²) in [6.45, 7) is 3.24. The second-order valence-electron chi connectivity index (χ2n) is 7.75. The number of nitrogens with zero attached hydrogens (tertiary/aromatic N) is 1. The second kappa shape index (κ2) is 10.8. The van der Waals surface area contributed by atoms with Crippen molar-refractivity contribution in [1.29, 1.82) is 0 Å². The number of amides is 2. The fourth-order valence-corrected chi connectivity index (χ4v) is 3.85. The van der Waals surface area contributed by atoms with Gasteiger partial charge in [-0.05, 0) is 69.7 Å². The third kappa shape index (κ3) is 6.34. The quantitative estimate of drug-likeness (QED) is 0.450. The maximum absolute atomic E-state index is 12.5. The van der Waals surface area contributed by atoms with E-state index in [2.05, 4.69) is 5.32 Å². The minimum Gasteiger partial charge on any atom is -0.434 e. The number of likely N-dealkylation sites (tertiary alicyclic amines) is 1. The summed E-state index contributed by atoms with van der Waals surface area (Å²) in [6.07, 6.45) is 8.26. The first kappa shape index (κ1) is 21.9. The van der Waals surface area contributed by atoms with Crippen molar-refractivity contribution in [2.45, 2.75) is 57.9 Å². The predicted molar refractivity (Wildman–Crippen MR) is 112 cm³/mol. The summed E-state index contributed by atoms with van der Waals surface area (Å²) in [5.74, 6) is 0.254. The summed E-state index contributed by atoms with van der Waals surface area (Å²) in [6, 6.07) is 6.38. The Hall–Kier alpha value is -2.83. The van der Waals surface area contributed by atoms with Crippen LogP contribution in [-0.2, 0) is 9.53 Å². The van der Waals surface area contributed by atoms with Gasteiger partial charge in [-0.15, -0.1) is 0 Å². The zero-order chi connectivity index (χ0) is 21.3. The highest BCUT2D eigenvalue weighted by Gasteiger charge is 2.24. The fourth-order valence-electron chi connectivity index (χ4n) is 3.85. The van der Waals surface area contributed by atoms with Crippen LogP contribution < -0.4 is 10.1 Å². The zero-order valence-corrected chi connectivity index (χ0v) is 17.5. The number of allylic oxidation sites excluding steroid dienone is 1. The van der Waals surface area contributed by atoms with Gasteiger partial charge in [0.2, 0.25) is 5.91 Å². The van der Waals surface area contributed by atoms with Gasteiger partial charge in [0.15, 0.2) is 0 Å². The number of ether oxygens (including phenoxy) is 2. The van der Waals surface area contributed by atoms with Gasteiger partial charge in [-0.2, -0.15) is 0 Å². The van der Waals surface area contributed by atoms with Gasteiger partial charge in [0.05, 0.1) is 6.61 Å². The maximum atomic E-state index is 12.5. The van der Waals surface area contributed by atoms with Crippen LogP contribution >= 0.6 is 0 Å². The van der Waals surface area contributed by atoms with E-state index in [1.165, 1.54) is 24.8 Å². The molecule has 1 aromatic rings. The number of nitrogens with one attached hydrogen (secondary N) is 1. The molecule has 1 aromatic carbocycles. The lowest BCUT2D eigenvalue weighted by Gasteiger charge is -2.32. The summed E-state index contributed by atoms with van der Waals surface area (Å²) in [5, 5.41) is 3.03. The summed E-state index contributed by atoms with van der Waals surface area (Å²) in [4.78, 5) is 38.2. The Labute approximate surface area is 177 Å². The Morgan fingerprint density at radius 2 is 1.73 bits per heavy atom. The molecule has 0 aromatic heterocycles. The van der Waals surface area contributed by atoms with Gasteiger partial charge in [-0.3, -0.25) is 9.59 Å². The monoisotopic (exact) mass is 414 g/mol. The van der Waals surface area contributed by atoms with E-state index >= 15 is 0 Å². The van der Waals surface area contributed by atoms with Gasteiger partial charge in [0.25, 0.3) is 5.91 Å². The lowest BCUT2D eigenvalue weighted by Crippen LogP contribution is -2.46. The molecule has 1 saturated heterocycles. The highest BCUT2D eigenvalue weighted by molar-refractivity contribution is 5.94. The third-order valence-corrected chi connectivity index (χ3v) is 5.55. The van der Waals surface area contributed by atoms with Crippen LogP contribution in [0.3, 0.4) is 0 Å². The summed E-state index contributed by atoms with van der Waals surface area (Å²) in [7, 11) is 0. The van der Waals surface area contributed by atoms with Crippen molar-refractivity contribution < 1.29 is 23.9 Å². The van der Waals surface area contributed by atoms with Crippen molar-refractivity contribution in [3.63, 3.8) is 0 Å². The van der Waals surface area contributed by atoms with Crippen LogP contribution in [0.1, 0.15) is 62.2 Å². The highest BCUT2D eigenvalue weighted by Crippen LogP contribution is 2.23. The number of carbonyl (C=O) groups excluding carboxylic acids is 3. The van der Waals surface area contributed by atoms with Crippen LogP contribution in [0.25, 0.3) is 0 Å². The molecule has 1 saturated carbocycles. The van der Waals surface area contributed by atoms with Crippen LogP contribution in [0, 0.1) is 0 Å². The Kier molecular flexibility index (Phi) is 7.88. The van der Waals surface area contributed by atoms with Crippen molar-refractivity contribution in [2.24, 2.45) is 0 Å². The molecule has 0 atom stereocenters. The van der Waals surface area contributed by atoms with E-state index in [1.807, 2.05) is 11.0 Å². The molecule has 2 amide bonds. The van der Waals surface area contributed by atoms with Crippen molar-refractivity contribution in [2.75, 3.05) is 19.7 Å². The van der Waals surface area contributed by atoms with Gasteiger partial charge < -0.3 is 19.7 Å². The van der Waals surface area contributed by atoms with Crippen molar-refractivity contribution in [3.8, 4) is 5.75 Å². The first-order valence-electron chi connectivity index (χ1n) is 10.8. The minimum atomic E-state index is -0.768. The van der Waals surface area contributed by atoms with E-state index in [9.17, 15) is 14.4 Å². The Bertz CT molecular complexity index is 771. The molecule has 3 rings (SSSR count). The Morgan fingerprint density at radius 3 is 2.37 bits per heavy atom. The van der Waals surface area contributed by atoms with Gasteiger partial charge in [0.1, 0.15) is 5.75 Å². The lowest BCUT2D eigenvalue weighted by molar-refractivity contribution is -0.127. The number of rotatable bonds is 5. The molecular weight excluding hydrogens is 384 g/mol. The molecule has 1 aliphatic heterocycles. The van der Waals surface area contributed by atoms with E-state index < -0.39 is 6.16 Å². The second-order valence-corrected chi connectivity index (χ2v) is 7.75. The number of carbonyl (C=O) groups is 3. The molecule has 1 N–H and O–H groups in total. The van der Waals surface area contributed by atoms with E-state index in [4.69, 9.17) is 9.47 Å². The normalized spacial score (nSPS) is 17.2. The molecular formula is C23H30N2O5. The third-order valence-electron chi connectivity index (χ3n) is 5.55. The highest BCUT2D eigenvalue weighted by atomic mass is 16.7. The number of piperidine rings is 1. The lowest BCUT2D eigenvalue weighted by atomic mass is 9.94. The van der Waals surface area contributed by atoms with E-state index in [0.717, 1.165) is 25.7 Å². The standard InChI is InChI=1S/C23H30N2O5/c1-2-29-23(28)30-20-10-8-18(9-11-20)22(27)24-19-12-14-25(15-13-19)21(26)16-17-6-4-3-5-7-17/h8-11,16,19H,2-7,12-15H2,1H3,(H,24,27). The van der Waals surface area contributed by atoms with Crippen molar-refractivity contribution >= 4 is 18.0 Å². The van der Waals surface area contributed by atoms with Gasteiger partial charge in [-0.25, -0.2) is 4.79 Å². The summed E-state index contributed by atoms with van der Waals surface area (Å²) < 4.78 is 9.71. The van der Waals surface area contributed by atoms with Gasteiger partial charge in [0, 0.05) is 30.8 Å². The van der Waals surface area contributed by atoms with Gasteiger partial charge >= 0.3 is 6.16 Å². The average Bonchev–Trinajstić information content (AvgIpc) is 2.75. The molecule has 7 heteroatoms. The Morgan fingerprint density at radius 1 is 1.07 bits per heavy atom. The molecule has 0 unspecified atom stereocenters.